The molecule has 2 atom stereocenters. The summed E-state index contributed by atoms with van der Waals surface area (Å²) < 4.78 is 6.85. The Bertz CT molecular complexity index is 2140. The molecule has 1 saturated heterocycles. The SMILES string of the molecule is [CH3][Hf]1([CH3])[CH]2C(=Cc3c(-c4cccc5ccccc45)cccc32)C2(CCCC2)C2=Cc3c(-c4cccc5ccccc45)cccc3[CH]21. The molecule has 0 N–H and O–H groups in total. The number of rotatable bonds is 2. The first kappa shape index (κ1) is 27.3. The first-order valence-corrected chi connectivity index (χ1v) is 28.6. The fourth-order valence-corrected chi connectivity index (χ4v) is 27.6. The molecular formula is C45H38Hf. The molecule has 0 radical (unpaired) electrons. The van der Waals surface area contributed by atoms with Gasteiger partial charge in [-0.25, -0.2) is 0 Å². The molecule has 2 unspecified atom stereocenters. The van der Waals surface area contributed by atoms with Gasteiger partial charge in [-0.1, -0.05) is 0 Å². The van der Waals surface area contributed by atoms with Crippen LogP contribution < -0.4 is 0 Å². The Morgan fingerprint density at radius 3 is 1.39 bits per heavy atom. The molecule has 2 fully saturated rings. The van der Waals surface area contributed by atoms with Crippen molar-refractivity contribution in [3.63, 3.8) is 0 Å². The van der Waals surface area contributed by atoms with Crippen molar-refractivity contribution in [2.24, 2.45) is 5.41 Å². The van der Waals surface area contributed by atoms with Crippen molar-refractivity contribution in [3.8, 4) is 22.3 Å². The van der Waals surface area contributed by atoms with Crippen molar-refractivity contribution in [2.45, 2.75) is 42.4 Å². The molecule has 0 aromatic heterocycles. The van der Waals surface area contributed by atoms with Crippen LogP contribution in [-0.2, 0) is 20.0 Å². The standard InChI is InChI=1S/C43H32.2CH3.Hf/c1-3-17-35-29(11-1)13-7-19-37(35)39-21-9-15-31-25-33(27-41(31)39)43(23-5-6-24-43)34-26-32-16-10-22-40(42(32)28-34)38-20-8-14-30-12-2-4-18-36(30)38;;;/h1-4,7-22,25-28H,5-6,23-24H2;2*1H3;. The van der Waals surface area contributed by atoms with E-state index in [-0.39, 0.29) is 5.41 Å². The summed E-state index contributed by atoms with van der Waals surface area (Å²) >= 11 is -3.12. The molecule has 10 rings (SSSR count). The van der Waals surface area contributed by atoms with Gasteiger partial charge in [-0.2, -0.15) is 0 Å². The van der Waals surface area contributed by atoms with E-state index in [1.54, 1.807) is 22.3 Å². The third-order valence-electron chi connectivity index (χ3n) is 12.3. The first-order chi connectivity index (χ1) is 22.6. The molecule has 222 valence electrons. The van der Waals surface area contributed by atoms with Crippen molar-refractivity contribution in [2.75, 3.05) is 0 Å². The molecule has 3 aliphatic carbocycles. The molecule has 6 aromatic carbocycles. The molecule has 0 bridgehead atoms. The van der Waals surface area contributed by atoms with Crippen LogP contribution in [0.1, 0.15) is 55.3 Å². The van der Waals surface area contributed by atoms with Gasteiger partial charge in [0.05, 0.1) is 0 Å². The van der Waals surface area contributed by atoms with E-state index in [0.29, 0.717) is 7.35 Å². The maximum atomic E-state index is 2.80. The Labute approximate surface area is 276 Å². The number of fused-ring (bicyclic) bond motifs is 10. The van der Waals surface area contributed by atoms with Gasteiger partial charge in [0, 0.05) is 0 Å². The number of hydrogen-bond donors (Lipinski definition) is 0. The summed E-state index contributed by atoms with van der Waals surface area (Å²) in [6, 6.07) is 46.1. The van der Waals surface area contributed by atoms with Crippen molar-refractivity contribution in [1.29, 1.82) is 0 Å². The van der Waals surface area contributed by atoms with E-state index in [9.17, 15) is 0 Å². The van der Waals surface area contributed by atoms with Crippen LogP contribution in [0.25, 0.3) is 56.0 Å². The second-order valence-corrected chi connectivity index (χ2v) is 32.1. The molecule has 1 aliphatic heterocycles. The van der Waals surface area contributed by atoms with Crippen LogP contribution in [0.15, 0.2) is 132 Å². The van der Waals surface area contributed by atoms with Gasteiger partial charge in [-0.05, 0) is 0 Å². The average Bonchev–Trinajstić information content (AvgIpc) is 3.84. The molecule has 1 heteroatoms. The Morgan fingerprint density at radius 2 is 0.891 bits per heavy atom. The molecule has 1 saturated carbocycles. The third kappa shape index (κ3) is 3.59. The Balaban J connectivity index is 1.20. The van der Waals surface area contributed by atoms with Crippen LogP contribution >= 0.6 is 0 Å². The average molecular weight is 757 g/mol. The van der Waals surface area contributed by atoms with Crippen molar-refractivity contribution in [1.82, 2.24) is 0 Å². The van der Waals surface area contributed by atoms with E-state index in [0.717, 1.165) is 0 Å². The summed E-state index contributed by atoms with van der Waals surface area (Å²) in [5, 5.41) is 5.37. The van der Waals surface area contributed by atoms with Crippen LogP contribution in [0.3, 0.4) is 0 Å². The van der Waals surface area contributed by atoms with Crippen molar-refractivity contribution < 1.29 is 20.0 Å². The molecule has 46 heavy (non-hydrogen) atoms. The van der Waals surface area contributed by atoms with Crippen LogP contribution in [0.5, 0.6) is 0 Å². The van der Waals surface area contributed by atoms with Gasteiger partial charge in [-0.3, -0.25) is 0 Å². The maximum absolute atomic E-state index is 3.12. The van der Waals surface area contributed by atoms with Gasteiger partial charge in [-0.15, -0.1) is 0 Å². The van der Waals surface area contributed by atoms with Gasteiger partial charge in [0.2, 0.25) is 0 Å². The molecule has 0 nitrogen and oxygen atoms in total. The quantitative estimate of drug-likeness (QED) is 0.154. The summed E-state index contributed by atoms with van der Waals surface area (Å²) in [4.78, 5) is 0. The van der Waals surface area contributed by atoms with E-state index in [4.69, 9.17) is 0 Å². The zero-order chi connectivity index (χ0) is 30.6. The van der Waals surface area contributed by atoms with Crippen molar-refractivity contribution >= 4 is 33.7 Å². The van der Waals surface area contributed by atoms with E-state index in [1.165, 1.54) is 80.6 Å². The second-order valence-electron chi connectivity index (χ2n) is 14.8. The predicted octanol–water partition coefficient (Wildman–Crippen LogP) is 12.7. The van der Waals surface area contributed by atoms with Crippen LogP contribution in [0.2, 0.25) is 9.36 Å². The minimum atomic E-state index is -3.12. The topological polar surface area (TPSA) is 0 Å². The van der Waals surface area contributed by atoms with Crippen molar-refractivity contribution in [3.05, 3.63) is 155 Å². The van der Waals surface area contributed by atoms with Gasteiger partial charge in [0.1, 0.15) is 0 Å². The summed E-state index contributed by atoms with van der Waals surface area (Å²) in [6.07, 6.45) is 10.7. The number of benzene rings is 6. The fraction of sp³-hybridized carbons (Fsp3) is 0.200. The van der Waals surface area contributed by atoms with Gasteiger partial charge in [0.15, 0.2) is 0 Å². The Morgan fingerprint density at radius 1 is 0.478 bits per heavy atom. The third-order valence-corrected chi connectivity index (χ3v) is 27.5. The summed E-state index contributed by atoms with van der Waals surface area (Å²) in [5.74, 6) is 0. The summed E-state index contributed by atoms with van der Waals surface area (Å²) in [7, 11) is 0. The Kier molecular flexibility index (Phi) is 5.85. The molecule has 4 aliphatic rings. The Hall–Kier alpha value is -3.81. The number of hydrogen-bond acceptors (Lipinski definition) is 0. The molecule has 1 heterocycles. The number of allylic oxidation sites excluding steroid dienone is 2. The zero-order valence-electron chi connectivity index (χ0n) is 26.7. The van der Waals surface area contributed by atoms with Gasteiger partial charge >= 0.3 is 278 Å². The molecule has 1 spiro atoms. The summed E-state index contributed by atoms with van der Waals surface area (Å²) in [6.45, 7) is 0. The van der Waals surface area contributed by atoms with E-state index >= 15 is 0 Å². The van der Waals surface area contributed by atoms with E-state index in [1.807, 2.05) is 0 Å². The minimum absolute atomic E-state index is 0.189. The van der Waals surface area contributed by atoms with E-state index in [2.05, 4.69) is 143 Å². The van der Waals surface area contributed by atoms with Crippen LogP contribution in [0, 0.1) is 5.41 Å². The molecular weight excluding hydrogens is 719 g/mol. The normalized spacial score (nSPS) is 21.5. The van der Waals surface area contributed by atoms with Gasteiger partial charge < -0.3 is 0 Å². The predicted molar refractivity (Wildman–Crippen MR) is 193 cm³/mol. The van der Waals surface area contributed by atoms with Gasteiger partial charge in [0.25, 0.3) is 0 Å². The fourth-order valence-electron chi connectivity index (χ4n) is 10.5. The van der Waals surface area contributed by atoms with E-state index < -0.39 is 20.0 Å². The zero-order valence-corrected chi connectivity index (χ0v) is 30.3. The second kappa shape index (κ2) is 9.85. The van der Waals surface area contributed by atoms with Crippen LogP contribution in [0.4, 0.5) is 0 Å². The summed E-state index contributed by atoms with van der Waals surface area (Å²) in [5.41, 5.74) is 15.7. The molecule has 0 amide bonds. The van der Waals surface area contributed by atoms with Crippen LogP contribution in [-0.4, -0.2) is 0 Å². The molecule has 6 aromatic rings. The first-order valence-electron chi connectivity index (χ1n) is 17.2. The monoisotopic (exact) mass is 758 g/mol.